The first kappa shape index (κ1) is 30.7. The van der Waals surface area contributed by atoms with Gasteiger partial charge in [-0.15, -0.1) is 0 Å². The molecule has 238 valence electrons. The molecular formula is C33H38N10O3. The molecule has 2 amide bonds. The van der Waals surface area contributed by atoms with Crippen LogP contribution in [0, 0.1) is 0 Å². The van der Waals surface area contributed by atoms with E-state index in [0.29, 0.717) is 49.7 Å². The molecule has 4 N–H and O–H groups in total. The van der Waals surface area contributed by atoms with Crippen molar-refractivity contribution >= 4 is 35.1 Å². The largest absolute Gasteiger partial charge is 0.492 e. The van der Waals surface area contributed by atoms with Gasteiger partial charge >= 0.3 is 0 Å². The van der Waals surface area contributed by atoms with Crippen LogP contribution in [0.15, 0.2) is 61.1 Å². The van der Waals surface area contributed by atoms with Crippen LogP contribution in [0.2, 0.25) is 0 Å². The molecule has 13 heteroatoms. The van der Waals surface area contributed by atoms with E-state index in [9.17, 15) is 9.59 Å². The van der Waals surface area contributed by atoms with E-state index in [2.05, 4.69) is 35.5 Å². The molecule has 46 heavy (non-hydrogen) atoms. The van der Waals surface area contributed by atoms with E-state index in [1.165, 1.54) is 0 Å². The predicted molar refractivity (Wildman–Crippen MR) is 177 cm³/mol. The Hall–Kier alpha value is -5.30. The first-order valence-electron chi connectivity index (χ1n) is 15.4. The Balaban J connectivity index is 1.03. The van der Waals surface area contributed by atoms with Crippen molar-refractivity contribution in [1.82, 2.24) is 29.7 Å². The molecule has 4 aromatic rings. The van der Waals surface area contributed by atoms with Crippen LogP contribution in [0.5, 0.6) is 5.75 Å². The summed E-state index contributed by atoms with van der Waals surface area (Å²) in [5.74, 6) is 2.09. The summed E-state index contributed by atoms with van der Waals surface area (Å²) in [4.78, 5) is 49.1. The predicted octanol–water partition coefficient (Wildman–Crippen LogP) is 2.92. The van der Waals surface area contributed by atoms with Gasteiger partial charge in [0.05, 0.1) is 29.7 Å². The third kappa shape index (κ3) is 7.15. The fourth-order valence-corrected chi connectivity index (χ4v) is 5.58. The summed E-state index contributed by atoms with van der Waals surface area (Å²) < 4.78 is 5.93. The van der Waals surface area contributed by atoms with Crippen LogP contribution in [-0.2, 0) is 17.8 Å². The van der Waals surface area contributed by atoms with Gasteiger partial charge < -0.3 is 35.8 Å². The summed E-state index contributed by atoms with van der Waals surface area (Å²) >= 11 is 0. The van der Waals surface area contributed by atoms with Gasteiger partial charge in [-0.25, -0.2) is 19.9 Å². The van der Waals surface area contributed by atoms with Crippen molar-refractivity contribution in [2.75, 3.05) is 74.7 Å². The monoisotopic (exact) mass is 622 g/mol. The molecule has 1 aromatic carbocycles. The number of fused-ring (bicyclic) bond motifs is 1. The standard InChI is InChI=1S/C33H38N10O3/c1-41(2)12-9-29(44)43-15-13-42(14-16-43)24-6-7-28(36-20-24)40-32(45)23-5-3-4-22(18-23)19-37-31-25-10-17-46-30(25)26(21-38-31)27-8-11-35-33(34)39-27/h3-8,11,18,20-21H,9-10,12-17,19H2,1-2H3,(H,37,38)(H2,34,35,39)(H,36,40,45). The number of ether oxygens (including phenoxy) is 1. The highest BCUT2D eigenvalue weighted by atomic mass is 16.5. The van der Waals surface area contributed by atoms with E-state index in [4.69, 9.17) is 10.5 Å². The third-order valence-electron chi connectivity index (χ3n) is 8.08. The Morgan fingerprint density at radius 3 is 2.63 bits per heavy atom. The maximum atomic E-state index is 13.1. The van der Waals surface area contributed by atoms with Crippen molar-refractivity contribution in [3.8, 4) is 17.0 Å². The number of carbonyl (C=O) groups is 2. The van der Waals surface area contributed by atoms with Crippen molar-refractivity contribution in [2.24, 2.45) is 0 Å². The topological polar surface area (TPSA) is 155 Å². The van der Waals surface area contributed by atoms with Crippen LogP contribution in [-0.4, -0.2) is 95.0 Å². The van der Waals surface area contributed by atoms with E-state index >= 15 is 0 Å². The lowest BCUT2D eigenvalue weighted by molar-refractivity contribution is -0.131. The van der Waals surface area contributed by atoms with Crippen molar-refractivity contribution in [1.29, 1.82) is 0 Å². The molecule has 6 rings (SSSR count). The van der Waals surface area contributed by atoms with Gasteiger partial charge in [0.2, 0.25) is 11.9 Å². The normalized spacial score (nSPS) is 14.2. The average molecular weight is 623 g/mol. The summed E-state index contributed by atoms with van der Waals surface area (Å²) in [5.41, 5.74) is 10.6. The Morgan fingerprint density at radius 1 is 1.02 bits per heavy atom. The zero-order chi connectivity index (χ0) is 32.0. The number of piperazine rings is 1. The minimum absolute atomic E-state index is 0.193. The number of amides is 2. The summed E-state index contributed by atoms with van der Waals surface area (Å²) in [6.07, 6.45) is 6.36. The first-order valence-corrected chi connectivity index (χ1v) is 15.4. The quantitative estimate of drug-likeness (QED) is 0.239. The lowest BCUT2D eigenvalue weighted by Crippen LogP contribution is -2.49. The summed E-state index contributed by atoms with van der Waals surface area (Å²) in [7, 11) is 3.95. The van der Waals surface area contributed by atoms with Crippen LogP contribution < -0.4 is 26.0 Å². The molecule has 13 nitrogen and oxygen atoms in total. The molecule has 3 aromatic heterocycles. The fourth-order valence-electron chi connectivity index (χ4n) is 5.58. The second kappa shape index (κ2) is 13.8. The number of hydrogen-bond acceptors (Lipinski definition) is 11. The van der Waals surface area contributed by atoms with Gasteiger partial charge in [0.25, 0.3) is 5.91 Å². The van der Waals surface area contributed by atoms with E-state index in [0.717, 1.165) is 60.0 Å². The molecule has 2 aliphatic rings. The zero-order valence-electron chi connectivity index (χ0n) is 26.1. The van der Waals surface area contributed by atoms with Crippen molar-refractivity contribution in [3.05, 3.63) is 77.7 Å². The molecule has 1 saturated heterocycles. The molecule has 0 aliphatic carbocycles. The maximum absolute atomic E-state index is 13.1. The molecule has 5 heterocycles. The molecular weight excluding hydrogens is 584 g/mol. The van der Waals surface area contributed by atoms with Crippen LogP contribution in [0.25, 0.3) is 11.3 Å². The second-order valence-electron chi connectivity index (χ2n) is 11.6. The summed E-state index contributed by atoms with van der Waals surface area (Å²) in [6.45, 7) is 4.65. The highest BCUT2D eigenvalue weighted by Crippen LogP contribution is 2.39. The second-order valence-corrected chi connectivity index (χ2v) is 11.6. The highest BCUT2D eigenvalue weighted by Gasteiger charge is 2.24. The Bertz CT molecular complexity index is 1700. The number of benzene rings is 1. The maximum Gasteiger partial charge on any atom is 0.256 e. The number of nitrogens with two attached hydrogens (primary N) is 1. The van der Waals surface area contributed by atoms with Crippen molar-refractivity contribution in [3.63, 3.8) is 0 Å². The third-order valence-corrected chi connectivity index (χ3v) is 8.08. The van der Waals surface area contributed by atoms with E-state index < -0.39 is 0 Å². The van der Waals surface area contributed by atoms with Gasteiger partial charge in [0.1, 0.15) is 17.4 Å². The lowest BCUT2D eigenvalue weighted by Gasteiger charge is -2.36. The number of hydrogen-bond donors (Lipinski definition) is 3. The number of rotatable bonds is 10. The Morgan fingerprint density at radius 2 is 1.87 bits per heavy atom. The van der Waals surface area contributed by atoms with Gasteiger partial charge in [-0.05, 0) is 50.0 Å². The van der Waals surface area contributed by atoms with Gasteiger partial charge in [-0.3, -0.25) is 9.59 Å². The van der Waals surface area contributed by atoms with Crippen LogP contribution in [0.3, 0.4) is 0 Å². The van der Waals surface area contributed by atoms with Crippen molar-refractivity contribution in [2.45, 2.75) is 19.4 Å². The summed E-state index contributed by atoms with van der Waals surface area (Å²) in [5, 5.41) is 6.30. The van der Waals surface area contributed by atoms with Gasteiger partial charge in [-0.2, -0.15) is 0 Å². The first-order chi connectivity index (χ1) is 22.3. The summed E-state index contributed by atoms with van der Waals surface area (Å²) in [6, 6.07) is 13.0. The van der Waals surface area contributed by atoms with E-state index in [-0.39, 0.29) is 17.8 Å². The van der Waals surface area contributed by atoms with Crippen molar-refractivity contribution < 1.29 is 14.3 Å². The molecule has 2 aliphatic heterocycles. The number of carbonyl (C=O) groups excluding carboxylic acids is 2. The molecule has 0 radical (unpaired) electrons. The number of nitrogen functional groups attached to an aromatic ring is 1. The molecule has 0 spiro atoms. The van der Waals surface area contributed by atoms with Crippen LogP contribution in [0.1, 0.15) is 27.9 Å². The lowest BCUT2D eigenvalue weighted by atomic mass is 10.1. The fraction of sp³-hybridized carbons (Fsp3) is 0.333. The van der Waals surface area contributed by atoms with E-state index in [1.807, 2.05) is 48.2 Å². The number of pyridine rings is 2. The molecule has 0 unspecified atom stereocenters. The van der Waals surface area contributed by atoms with Crippen LogP contribution in [0.4, 0.5) is 23.3 Å². The number of aromatic nitrogens is 4. The molecule has 1 fully saturated rings. The molecule has 0 saturated carbocycles. The Labute approximate surface area is 267 Å². The zero-order valence-corrected chi connectivity index (χ0v) is 26.1. The van der Waals surface area contributed by atoms with Gasteiger partial charge in [0.15, 0.2) is 0 Å². The highest BCUT2D eigenvalue weighted by molar-refractivity contribution is 6.03. The molecule has 0 bridgehead atoms. The van der Waals surface area contributed by atoms with E-state index in [1.54, 1.807) is 36.8 Å². The molecule has 0 atom stereocenters. The SMILES string of the molecule is CN(C)CCC(=O)N1CCN(c2ccc(NC(=O)c3cccc(CNc4ncc(-c5ccnc(N)n5)c5c4CCO5)c3)nc2)CC1. The van der Waals surface area contributed by atoms with Gasteiger partial charge in [-0.1, -0.05) is 12.1 Å². The number of anilines is 4. The van der Waals surface area contributed by atoms with Gasteiger partial charge in [0, 0.05) is 75.6 Å². The Kier molecular flexibility index (Phi) is 9.20. The number of nitrogens with one attached hydrogen (secondary N) is 2. The minimum atomic E-state index is -0.243. The average Bonchev–Trinajstić information content (AvgIpc) is 3.57. The number of nitrogens with zero attached hydrogens (tertiary/aromatic N) is 7. The smallest absolute Gasteiger partial charge is 0.256 e. The minimum Gasteiger partial charge on any atom is -0.492 e. The van der Waals surface area contributed by atoms with Crippen LogP contribution >= 0.6 is 0 Å².